The third-order valence-corrected chi connectivity index (χ3v) is 6.02. The molecule has 2 heterocycles. The summed E-state index contributed by atoms with van der Waals surface area (Å²) in [6, 6.07) is 7.90. The van der Waals surface area contributed by atoms with Crippen LogP contribution >= 0.6 is 33.9 Å². The monoisotopic (exact) mass is 484 g/mol. The third-order valence-electron chi connectivity index (χ3n) is 4.37. The lowest BCUT2D eigenvalue weighted by molar-refractivity contribution is -0.117. The van der Waals surface area contributed by atoms with E-state index in [1.54, 1.807) is 5.51 Å². The van der Waals surface area contributed by atoms with Crippen molar-refractivity contribution in [2.45, 2.75) is 25.8 Å². The molecular formula is C18H21IN4O2S. The number of carbonyl (C=O) groups is 2. The summed E-state index contributed by atoms with van der Waals surface area (Å²) in [5, 5.41) is 6.01. The number of hydrogen-bond acceptors (Lipinski definition) is 5. The molecule has 138 valence electrons. The number of carbonyl (C=O) groups excluding carboxylic acids is 2. The van der Waals surface area contributed by atoms with Crippen molar-refractivity contribution in [1.82, 2.24) is 15.2 Å². The van der Waals surface area contributed by atoms with Crippen LogP contribution in [0.25, 0.3) is 0 Å². The van der Waals surface area contributed by atoms with Gasteiger partial charge in [0.25, 0.3) is 5.91 Å². The molecule has 0 radical (unpaired) electrons. The predicted octanol–water partition coefficient (Wildman–Crippen LogP) is 2.89. The number of thiazole rings is 1. The first kappa shape index (κ1) is 19.2. The number of rotatable bonds is 5. The number of anilines is 1. The maximum absolute atomic E-state index is 12.3. The van der Waals surface area contributed by atoms with Gasteiger partial charge in [-0.05, 0) is 66.6 Å². The second kappa shape index (κ2) is 8.92. The zero-order chi connectivity index (χ0) is 18.5. The van der Waals surface area contributed by atoms with Gasteiger partial charge in [-0.15, -0.1) is 11.3 Å². The molecule has 2 aromatic rings. The van der Waals surface area contributed by atoms with Crippen molar-refractivity contribution in [3.05, 3.63) is 43.9 Å². The molecule has 0 atom stereocenters. The molecular weight excluding hydrogens is 463 g/mol. The van der Waals surface area contributed by atoms with Crippen LogP contribution in [-0.2, 0) is 4.79 Å². The average molecular weight is 484 g/mol. The van der Waals surface area contributed by atoms with E-state index in [1.807, 2.05) is 31.2 Å². The number of aryl methyl sites for hydroxylation is 1. The van der Waals surface area contributed by atoms with E-state index >= 15 is 0 Å². The normalized spacial score (nSPS) is 15.6. The van der Waals surface area contributed by atoms with Crippen molar-refractivity contribution in [2.24, 2.45) is 0 Å². The number of hydrogen-bond donors (Lipinski definition) is 2. The molecule has 1 aromatic heterocycles. The summed E-state index contributed by atoms with van der Waals surface area (Å²) in [4.78, 5) is 31.4. The average Bonchev–Trinajstić information content (AvgIpc) is 3.05. The van der Waals surface area contributed by atoms with Crippen molar-refractivity contribution in [2.75, 3.05) is 25.0 Å². The zero-order valence-corrected chi connectivity index (χ0v) is 17.5. The molecule has 2 N–H and O–H groups in total. The number of nitrogens with zero attached hydrogens (tertiary/aromatic N) is 2. The van der Waals surface area contributed by atoms with E-state index in [-0.39, 0.29) is 17.9 Å². The quantitative estimate of drug-likeness (QED) is 0.641. The number of amides is 2. The van der Waals surface area contributed by atoms with Crippen molar-refractivity contribution < 1.29 is 9.59 Å². The maximum Gasteiger partial charge on any atom is 0.263 e. The summed E-state index contributed by atoms with van der Waals surface area (Å²) in [5.74, 6) is -0.0473. The van der Waals surface area contributed by atoms with Crippen molar-refractivity contribution in [1.29, 1.82) is 0 Å². The third kappa shape index (κ3) is 5.24. The molecule has 8 heteroatoms. The number of benzene rings is 1. The molecule has 6 nitrogen and oxygen atoms in total. The standard InChI is InChI=1S/C18H21IN4O2S/c1-12-17(26-11-20-12)18(25)22-15-6-8-23(9-7-15)10-16(24)21-14-4-2-13(19)3-5-14/h2-5,11,15H,6-10H2,1H3,(H,21,24)(H,22,25). The second-order valence-electron chi connectivity index (χ2n) is 6.35. The number of likely N-dealkylation sites (tertiary alicyclic amines) is 1. The summed E-state index contributed by atoms with van der Waals surface area (Å²) in [6.07, 6.45) is 1.70. The van der Waals surface area contributed by atoms with Crippen LogP contribution < -0.4 is 10.6 Å². The van der Waals surface area contributed by atoms with E-state index in [9.17, 15) is 9.59 Å². The van der Waals surface area contributed by atoms with E-state index in [1.165, 1.54) is 11.3 Å². The minimum Gasteiger partial charge on any atom is -0.348 e. The molecule has 1 aliphatic rings. The highest BCUT2D eigenvalue weighted by molar-refractivity contribution is 14.1. The fourth-order valence-electron chi connectivity index (χ4n) is 2.94. The van der Waals surface area contributed by atoms with Crippen LogP contribution in [0.1, 0.15) is 28.2 Å². The number of nitrogens with one attached hydrogen (secondary N) is 2. The minimum atomic E-state index is -0.0418. The highest BCUT2D eigenvalue weighted by atomic mass is 127. The van der Waals surface area contributed by atoms with Crippen LogP contribution in [0.4, 0.5) is 5.69 Å². The zero-order valence-electron chi connectivity index (χ0n) is 14.5. The van der Waals surface area contributed by atoms with Gasteiger partial charge in [-0.3, -0.25) is 14.5 Å². The Morgan fingerprint density at radius 2 is 1.96 bits per heavy atom. The summed E-state index contributed by atoms with van der Waals surface area (Å²) < 4.78 is 1.14. The Kier molecular flexibility index (Phi) is 6.60. The molecule has 0 spiro atoms. The summed E-state index contributed by atoms with van der Waals surface area (Å²) in [6.45, 7) is 3.82. The van der Waals surface area contributed by atoms with Crippen LogP contribution in [0.15, 0.2) is 29.8 Å². The molecule has 2 amide bonds. The van der Waals surface area contributed by atoms with Gasteiger partial charge in [0.2, 0.25) is 5.91 Å². The first-order valence-electron chi connectivity index (χ1n) is 8.50. The van der Waals surface area contributed by atoms with Gasteiger partial charge in [-0.2, -0.15) is 0 Å². The van der Waals surface area contributed by atoms with Crippen molar-refractivity contribution in [3.63, 3.8) is 0 Å². The molecule has 0 unspecified atom stereocenters. The van der Waals surface area contributed by atoms with Crippen molar-refractivity contribution >= 4 is 51.4 Å². The fraction of sp³-hybridized carbons (Fsp3) is 0.389. The highest BCUT2D eigenvalue weighted by Gasteiger charge is 2.23. The molecule has 26 heavy (non-hydrogen) atoms. The Labute approximate surface area is 170 Å². The molecule has 1 aliphatic heterocycles. The van der Waals surface area contributed by atoms with Gasteiger partial charge in [0.05, 0.1) is 17.7 Å². The number of aromatic nitrogens is 1. The SMILES string of the molecule is Cc1ncsc1C(=O)NC1CCN(CC(=O)Nc2ccc(I)cc2)CC1. The van der Waals surface area contributed by atoms with Crippen LogP contribution in [-0.4, -0.2) is 47.4 Å². The van der Waals surface area contributed by atoms with E-state index < -0.39 is 0 Å². The topological polar surface area (TPSA) is 74.3 Å². The Morgan fingerprint density at radius 1 is 1.27 bits per heavy atom. The molecule has 3 rings (SSSR count). The molecule has 0 bridgehead atoms. The highest BCUT2D eigenvalue weighted by Crippen LogP contribution is 2.16. The fourth-order valence-corrected chi connectivity index (χ4v) is 4.01. The second-order valence-corrected chi connectivity index (χ2v) is 8.45. The van der Waals surface area contributed by atoms with Gasteiger partial charge in [-0.25, -0.2) is 4.98 Å². The van der Waals surface area contributed by atoms with Gasteiger partial charge < -0.3 is 10.6 Å². The van der Waals surface area contributed by atoms with Crippen molar-refractivity contribution in [3.8, 4) is 0 Å². The minimum absolute atomic E-state index is 0.00558. The van der Waals surface area contributed by atoms with E-state index in [4.69, 9.17) is 0 Å². The van der Waals surface area contributed by atoms with E-state index in [0.717, 1.165) is 40.9 Å². The van der Waals surface area contributed by atoms with Gasteiger partial charge in [0, 0.05) is 28.4 Å². The van der Waals surface area contributed by atoms with Gasteiger partial charge in [0.1, 0.15) is 4.88 Å². The molecule has 0 saturated carbocycles. The lowest BCUT2D eigenvalue weighted by atomic mass is 10.0. The van der Waals surface area contributed by atoms with Gasteiger partial charge >= 0.3 is 0 Å². The Morgan fingerprint density at radius 3 is 2.58 bits per heavy atom. The van der Waals surface area contributed by atoms with E-state index in [2.05, 4.69) is 43.1 Å². The lowest BCUT2D eigenvalue weighted by Gasteiger charge is -2.31. The van der Waals surface area contributed by atoms with Crippen LogP contribution in [0.2, 0.25) is 0 Å². The van der Waals surface area contributed by atoms with Gasteiger partial charge in [0.15, 0.2) is 0 Å². The van der Waals surface area contributed by atoms with Crippen LogP contribution in [0, 0.1) is 10.5 Å². The molecule has 1 saturated heterocycles. The summed E-state index contributed by atoms with van der Waals surface area (Å²) in [5.41, 5.74) is 3.29. The smallest absolute Gasteiger partial charge is 0.263 e. The van der Waals surface area contributed by atoms with E-state index in [0.29, 0.717) is 11.4 Å². The molecule has 1 aromatic carbocycles. The number of piperidine rings is 1. The Bertz CT molecular complexity index is 770. The lowest BCUT2D eigenvalue weighted by Crippen LogP contribution is -2.46. The van der Waals surface area contributed by atoms with Gasteiger partial charge in [-0.1, -0.05) is 0 Å². The predicted molar refractivity (Wildman–Crippen MR) is 112 cm³/mol. The molecule has 1 fully saturated rings. The molecule has 0 aliphatic carbocycles. The first-order valence-corrected chi connectivity index (χ1v) is 10.5. The summed E-state index contributed by atoms with van der Waals surface area (Å²) >= 11 is 3.61. The first-order chi connectivity index (χ1) is 12.5. The number of halogens is 1. The summed E-state index contributed by atoms with van der Waals surface area (Å²) in [7, 11) is 0. The largest absolute Gasteiger partial charge is 0.348 e. The van der Waals surface area contributed by atoms with Crippen LogP contribution in [0.3, 0.4) is 0 Å². The Balaban J connectivity index is 1.42. The maximum atomic E-state index is 12.3. The van der Waals surface area contributed by atoms with Crippen LogP contribution in [0.5, 0.6) is 0 Å². The Hall–Kier alpha value is -1.52.